The van der Waals surface area contributed by atoms with Crippen molar-refractivity contribution >= 4 is 17.9 Å². The number of hydrogen-bond donors (Lipinski definition) is 0. The number of rotatable bonds is 57. The summed E-state index contributed by atoms with van der Waals surface area (Å²) < 4.78 is 16.9. The summed E-state index contributed by atoms with van der Waals surface area (Å²) in [6.07, 6.45) is 62.4. The molecule has 0 rings (SSSR count). The van der Waals surface area contributed by atoms with Crippen molar-refractivity contribution in [3.05, 3.63) is 0 Å². The van der Waals surface area contributed by atoms with Crippen molar-refractivity contribution in [3.63, 3.8) is 0 Å². The van der Waals surface area contributed by atoms with Crippen molar-refractivity contribution in [1.29, 1.82) is 0 Å². The molecule has 0 N–H and O–H groups in total. The molecule has 0 heterocycles. The highest BCUT2D eigenvalue weighted by Crippen LogP contribution is 2.19. The normalized spacial score (nSPS) is 12.4. The monoisotopic (exact) mass is 961 g/mol. The van der Waals surface area contributed by atoms with Gasteiger partial charge in [-0.3, -0.25) is 14.4 Å². The lowest BCUT2D eigenvalue weighted by Gasteiger charge is -2.18. The van der Waals surface area contributed by atoms with E-state index in [0.29, 0.717) is 19.3 Å². The summed E-state index contributed by atoms with van der Waals surface area (Å²) in [4.78, 5) is 38.2. The van der Waals surface area contributed by atoms with Crippen LogP contribution >= 0.6 is 0 Å². The number of unbranched alkanes of at least 4 members (excludes halogenated alkanes) is 43. The minimum absolute atomic E-state index is 0.0616. The predicted molar refractivity (Wildman–Crippen MR) is 293 cm³/mol. The zero-order chi connectivity index (χ0) is 49.5. The number of esters is 3. The van der Waals surface area contributed by atoms with Gasteiger partial charge < -0.3 is 14.2 Å². The standard InChI is InChI=1S/C62H120O6/c1-5-8-10-12-14-16-18-20-22-24-25-27-29-31-33-39-43-47-51-55-62(65)68-59(57-67-61(64)54-50-46-42-38-35-34-36-40-44-48-52-58(4)7-3)56-66-60(63)53-49-45-41-37-32-30-28-26-23-21-19-17-15-13-11-9-6-2/h58-59H,5-57H2,1-4H3/t58?,59-/m0/s1. The molecular formula is C62H120O6. The van der Waals surface area contributed by atoms with Crippen LogP contribution in [0.25, 0.3) is 0 Å². The van der Waals surface area contributed by atoms with Crippen LogP contribution in [0.3, 0.4) is 0 Å². The van der Waals surface area contributed by atoms with Crippen molar-refractivity contribution in [3.8, 4) is 0 Å². The number of hydrogen-bond acceptors (Lipinski definition) is 6. The van der Waals surface area contributed by atoms with Crippen molar-refractivity contribution in [2.45, 2.75) is 361 Å². The Hall–Kier alpha value is -1.59. The Morgan fingerprint density at radius 1 is 0.294 bits per heavy atom. The van der Waals surface area contributed by atoms with Crippen molar-refractivity contribution < 1.29 is 28.6 Å². The minimum atomic E-state index is -0.763. The second-order valence-corrected chi connectivity index (χ2v) is 21.6. The van der Waals surface area contributed by atoms with E-state index in [4.69, 9.17) is 14.2 Å². The third kappa shape index (κ3) is 53.8. The van der Waals surface area contributed by atoms with Gasteiger partial charge in [-0.05, 0) is 25.2 Å². The predicted octanol–water partition coefficient (Wildman–Crippen LogP) is 20.6. The van der Waals surface area contributed by atoms with E-state index in [9.17, 15) is 14.4 Å². The van der Waals surface area contributed by atoms with Gasteiger partial charge in [0.05, 0.1) is 0 Å². The van der Waals surface area contributed by atoms with Crippen LogP contribution in [0.5, 0.6) is 0 Å². The molecule has 404 valence electrons. The zero-order valence-corrected chi connectivity index (χ0v) is 46.6. The Labute approximate surface area is 425 Å². The van der Waals surface area contributed by atoms with Gasteiger partial charge in [0.2, 0.25) is 0 Å². The quantitative estimate of drug-likeness (QED) is 0.0343. The van der Waals surface area contributed by atoms with Crippen LogP contribution in [0.1, 0.15) is 355 Å². The van der Waals surface area contributed by atoms with Crippen LogP contribution < -0.4 is 0 Å². The minimum Gasteiger partial charge on any atom is -0.462 e. The van der Waals surface area contributed by atoms with E-state index in [-0.39, 0.29) is 31.1 Å². The lowest BCUT2D eigenvalue weighted by atomic mass is 9.99. The van der Waals surface area contributed by atoms with E-state index in [0.717, 1.165) is 63.7 Å². The van der Waals surface area contributed by atoms with Gasteiger partial charge in [-0.25, -0.2) is 0 Å². The summed E-state index contributed by atoms with van der Waals surface area (Å²) in [6, 6.07) is 0. The van der Waals surface area contributed by atoms with Gasteiger partial charge in [-0.15, -0.1) is 0 Å². The van der Waals surface area contributed by atoms with Gasteiger partial charge in [-0.1, -0.05) is 317 Å². The third-order valence-electron chi connectivity index (χ3n) is 14.7. The molecule has 6 heteroatoms. The number of carbonyl (C=O) groups is 3. The molecule has 0 aliphatic carbocycles. The molecule has 0 aliphatic rings. The molecule has 2 atom stereocenters. The summed E-state index contributed by atoms with van der Waals surface area (Å²) in [5.41, 5.74) is 0. The third-order valence-corrected chi connectivity index (χ3v) is 14.7. The molecule has 0 saturated carbocycles. The molecule has 0 bridgehead atoms. The molecule has 0 aromatic rings. The smallest absolute Gasteiger partial charge is 0.306 e. The Bertz CT molecular complexity index is 1030. The summed E-state index contributed by atoms with van der Waals surface area (Å²) in [6.45, 7) is 9.10. The highest BCUT2D eigenvalue weighted by atomic mass is 16.6. The van der Waals surface area contributed by atoms with Crippen LogP contribution in [0.2, 0.25) is 0 Å². The van der Waals surface area contributed by atoms with Gasteiger partial charge in [0.15, 0.2) is 6.10 Å². The van der Waals surface area contributed by atoms with Gasteiger partial charge in [0.25, 0.3) is 0 Å². The summed E-state index contributed by atoms with van der Waals surface area (Å²) in [7, 11) is 0. The SMILES string of the molecule is CCCCCCCCCCCCCCCCCCCCCC(=O)O[C@@H](COC(=O)CCCCCCCCCCCCCCCCCCC)COC(=O)CCCCCCCCCCCCC(C)CC. The first-order chi connectivity index (χ1) is 33.4. The first-order valence-electron chi connectivity index (χ1n) is 30.9. The molecule has 1 unspecified atom stereocenters. The Morgan fingerprint density at radius 2 is 0.515 bits per heavy atom. The largest absolute Gasteiger partial charge is 0.462 e. The van der Waals surface area contributed by atoms with Crippen LogP contribution in [-0.4, -0.2) is 37.2 Å². The Balaban J connectivity index is 4.28. The highest BCUT2D eigenvalue weighted by molar-refractivity contribution is 5.71. The molecule has 6 nitrogen and oxygen atoms in total. The first kappa shape index (κ1) is 66.4. The average Bonchev–Trinajstić information content (AvgIpc) is 3.34. The van der Waals surface area contributed by atoms with Gasteiger partial charge in [-0.2, -0.15) is 0 Å². The second-order valence-electron chi connectivity index (χ2n) is 21.6. The number of carbonyl (C=O) groups excluding carboxylic acids is 3. The molecule has 0 radical (unpaired) electrons. The van der Waals surface area contributed by atoms with Gasteiger partial charge >= 0.3 is 17.9 Å². The van der Waals surface area contributed by atoms with Crippen LogP contribution in [0.4, 0.5) is 0 Å². The molecule has 68 heavy (non-hydrogen) atoms. The van der Waals surface area contributed by atoms with Crippen molar-refractivity contribution in [2.24, 2.45) is 5.92 Å². The lowest BCUT2D eigenvalue weighted by molar-refractivity contribution is -0.167. The van der Waals surface area contributed by atoms with Gasteiger partial charge in [0, 0.05) is 19.3 Å². The molecule has 0 aliphatic heterocycles. The van der Waals surface area contributed by atoms with Crippen LogP contribution in [0, 0.1) is 5.92 Å². The van der Waals surface area contributed by atoms with E-state index in [1.807, 2.05) is 0 Å². The lowest BCUT2D eigenvalue weighted by Crippen LogP contribution is -2.30. The maximum atomic E-state index is 12.9. The fourth-order valence-corrected chi connectivity index (χ4v) is 9.60. The second kappa shape index (κ2) is 56.3. The van der Waals surface area contributed by atoms with Gasteiger partial charge in [0.1, 0.15) is 13.2 Å². The summed E-state index contributed by atoms with van der Waals surface area (Å²) in [5.74, 6) is 0.0382. The first-order valence-corrected chi connectivity index (χ1v) is 30.9. The van der Waals surface area contributed by atoms with Crippen LogP contribution in [0.15, 0.2) is 0 Å². The molecule has 0 saturated heterocycles. The molecule has 0 aromatic carbocycles. The van der Waals surface area contributed by atoms with Crippen molar-refractivity contribution in [1.82, 2.24) is 0 Å². The molecule has 0 amide bonds. The van der Waals surface area contributed by atoms with Crippen LogP contribution in [-0.2, 0) is 28.6 Å². The van der Waals surface area contributed by atoms with E-state index < -0.39 is 6.10 Å². The van der Waals surface area contributed by atoms with E-state index in [1.165, 1.54) is 250 Å². The maximum Gasteiger partial charge on any atom is 0.306 e. The van der Waals surface area contributed by atoms with E-state index >= 15 is 0 Å². The molecule has 0 fully saturated rings. The van der Waals surface area contributed by atoms with E-state index in [1.54, 1.807) is 0 Å². The zero-order valence-electron chi connectivity index (χ0n) is 46.6. The summed E-state index contributed by atoms with van der Waals surface area (Å²) in [5, 5.41) is 0. The maximum absolute atomic E-state index is 12.9. The average molecular weight is 962 g/mol. The Morgan fingerprint density at radius 3 is 0.765 bits per heavy atom. The fraction of sp³-hybridized carbons (Fsp3) is 0.952. The molecule has 0 spiro atoms. The summed E-state index contributed by atoms with van der Waals surface area (Å²) >= 11 is 0. The van der Waals surface area contributed by atoms with Crippen molar-refractivity contribution in [2.75, 3.05) is 13.2 Å². The molecule has 0 aromatic heterocycles. The molecular weight excluding hydrogens is 841 g/mol. The fourth-order valence-electron chi connectivity index (χ4n) is 9.60. The number of ether oxygens (including phenoxy) is 3. The highest BCUT2D eigenvalue weighted by Gasteiger charge is 2.19. The van der Waals surface area contributed by atoms with E-state index in [2.05, 4.69) is 27.7 Å². The topological polar surface area (TPSA) is 78.9 Å². The Kier molecular flexibility index (Phi) is 55.0.